The zero-order chi connectivity index (χ0) is 25.0. The molecule has 0 bridgehead atoms. The van der Waals surface area contributed by atoms with Crippen molar-refractivity contribution in [1.29, 1.82) is 0 Å². The van der Waals surface area contributed by atoms with Crippen molar-refractivity contribution in [1.82, 2.24) is 4.90 Å². The van der Waals surface area contributed by atoms with E-state index in [1.807, 2.05) is 45.2 Å². The number of hydrogen-bond acceptors (Lipinski definition) is 7. The average Bonchev–Trinajstić information content (AvgIpc) is 2.73. The van der Waals surface area contributed by atoms with Crippen LogP contribution in [-0.2, 0) is 25.5 Å². The van der Waals surface area contributed by atoms with E-state index in [0.717, 1.165) is 19.0 Å². The van der Waals surface area contributed by atoms with Gasteiger partial charge in [-0.2, -0.15) is 0 Å². The van der Waals surface area contributed by atoms with Gasteiger partial charge in [0.25, 0.3) is 5.91 Å². The molecule has 0 saturated carbocycles. The Morgan fingerprint density at radius 2 is 1.52 bits per heavy atom. The molecule has 0 aliphatic rings. The van der Waals surface area contributed by atoms with Gasteiger partial charge in [-0.15, -0.1) is 0 Å². The molecule has 0 saturated heterocycles. The minimum absolute atomic E-state index is 0.00596. The molecule has 0 aromatic heterocycles. The lowest BCUT2D eigenvalue weighted by molar-refractivity contribution is -0.162. The zero-order valence-electron chi connectivity index (χ0n) is 17.6. The van der Waals surface area contributed by atoms with Crippen LogP contribution in [0.15, 0.2) is 24.3 Å². The fourth-order valence-electron chi connectivity index (χ4n) is 2.92. The third-order valence-electron chi connectivity index (χ3n) is 4.42. The van der Waals surface area contributed by atoms with E-state index >= 15 is 0 Å². The topological polar surface area (TPSA) is 113 Å². The molecule has 2 rings (SSSR count). The first-order chi connectivity index (χ1) is 15.4. The number of esters is 1. The molecule has 8 nitrogen and oxygen atoms in total. The van der Waals surface area contributed by atoms with Gasteiger partial charge in [-0.05, 0) is 127 Å². The molecule has 0 aliphatic carbocycles. The number of amides is 2. The van der Waals surface area contributed by atoms with E-state index in [4.69, 9.17) is 9.47 Å². The van der Waals surface area contributed by atoms with Gasteiger partial charge in [-0.3, -0.25) is 14.5 Å². The van der Waals surface area contributed by atoms with Crippen LogP contribution in [0.25, 0.3) is 0 Å². The van der Waals surface area contributed by atoms with Gasteiger partial charge >= 0.3 is 5.97 Å². The summed E-state index contributed by atoms with van der Waals surface area (Å²) in [5.41, 5.74) is 0.672. The smallest absolute Gasteiger partial charge is 0.329 e. The number of phenolic OH excluding ortho intramolecular Hbond substituents is 1. The molecule has 178 valence electrons. The highest BCUT2D eigenvalue weighted by molar-refractivity contribution is 14.1. The second kappa shape index (κ2) is 12.5. The van der Waals surface area contributed by atoms with Crippen LogP contribution in [0.3, 0.4) is 0 Å². The second-order valence-electron chi connectivity index (χ2n) is 6.87. The molecule has 0 radical (unpaired) electrons. The molecule has 0 heterocycles. The highest BCUT2D eigenvalue weighted by Gasteiger charge is 2.36. The number of aliphatic hydroxyl groups excluding tert-OH is 1. The Morgan fingerprint density at radius 3 is 1.94 bits per heavy atom. The van der Waals surface area contributed by atoms with Crippen LogP contribution in [0, 0.1) is 14.3 Å². The number of hydrogen-bond donors (Lipinski definition) is 2. The Hall–Kier alpha value is -0.470. The summed E-state index contributed by atoms with van der Waals surface area (Å²) in [5.74, 6) is -0.967. The summed E-state index contributed by atoms with van der Waals surface area (Å²) in [5, 5.41) is 19.7. The number of halogens is 4. The van der Waals surface area contributed by atoms with E-state index in [-0.39, 0.29) is 12.2 Å². The Morgan fingerprint density at radius 1 is 1.00 bits per heavy atom. The monoisotopic (exact) mass is 905 g/mol. The minimum atomic E-state index is -1.45. The van der Waals surface area contributed by atoms with Gasteiger partial charge in [0.15, 0.2) is 5.75 Å². The molecule has 2 N–H and O–H groups in total. The lowest BCUT2D eigenvalue weighted by Crippen LogP contribution is -2.52. The van der Waals surface area contributed by atoms with Gasteiger partial charge in [0.2, 0.25) is 5.91 Å². The maximum absolute atomic E-state index is 12.5. The van der Waals surface area contributed by atoms with E-state index in [1.165, 1.54) is 14.0 Å². The van der Waals surface area contributed by atoms with E-state index < -0.39 is 29.9 Å². The number of aliphatic hydroxyl groups is 1. The van der Waals surface area contributed by atoms with Crippen molar-refractivity contribution < 1.29 is 34.1 Å². The van der Waals surface area contributed by atoms with Crippen LogP contribution in [0.1, 0.15) is 19.4 Å². The first-order valence-electron chi connectivity index (χ1n) is 9.30. The van der Waals surface area contributed by atoms with Crippen molar-refractivity contribution in [2.45, 2.75) is 32.4 Å². The summed E-state index contributed by atoms with van der Waals surface area (Å²) < 4.78 is 13.7. The molecule has 33 heavy (non-hydrogen) atoms. The molecular weight excluding hydrogens is 886 g/mol. The number of carbonyl (C=O) groups is 3. The molecule has 2 aromatic carbocycles. The highest BCUT2D eigenvalue weighted by Crippen LogP contribution is 2.37. The minimum Gasteiger partial charge on any atom is -0.506 e. The van der Waals surface area contributed by atoms with Gasteiger partial charge in [-0.25, -0.2) is 4.79 Å². The number of phenols is 1. The first kappa shape index (κ1) is 28.8. The second-order valence-corrected chi connectivity index (χ2v) is 11.5. The van der Waals surface area contributed by atoms with Crippen LogP contribution in [0.4, 0.5) is 0 Å². The molecule has 0 fully saturated rings. The van der Waals surface area contributed by atoms with Gasteiger partial charge in [-0.1, -0.05) is 0 Å². The summed E-state index contributed by atoms with van der Waals surface area (Å²) in [6, 6.07) is 5.79. The van der Waals surface area contributed by atoms with Gasteiger partial charge in [0, 0.05) is 13.3 Å². The fraction of sp³-hybridized carbons (Fsp3) is 0.286. The van der Waals surface area contributed by atoms with E-state index in [1.54, 1.807) is 24.3 Å². The number of imide groups is 1. The SMILES string of the molecule is COC(=O)[C@H](Cc1cc(I)c(Oc2cc(I)c(O)c(I)c2)c(I)c1)N(C(C)=O)C(=O)C(C)O. The Kier molecular flexibility index (Phi) is 10.9. The van der Waals surface area contributed by atoms with Crippen molar-refractivity contribution in [3.63, 3.8) is 0 Å². The van der Waals surface area contributed by atoms with Crippen molar-refractivity contribution in [3.05, 3.63) is 44.1 Å². The van der Waals surface area contributed by atoms with E-state index in [9.17, 15) is 24.6 Å². The number of methoxy groups -OCH3 is 1. The predicted octanol–water partition coefficient (Wildman–Crippen LogP) is 4.44. The largest absolute Gasteiger partial charge is 0.506 e. The number of benzene rings is 2. The molecule has 2 atom stereocenters. The maximum atomic E-state index is 12.5. The Balaban J connectivity index is 2.41. The maximum Gasteiger partial charge on any atom is 0.329 e. The summed E-state index contributed by atoms with van der Waals surface area (Å²) in [6.45, 7) is 2.39. The number of carbonyl (C=O) groups excluding carboxylic acids is 3. The van der Waals surface area contributed by atoms with E-state index in [2.05, 4.69) is 45.2 Å². The van der Waals surface area contributed by atoms with Gasteiger partial charge in [0.05, 0.1) is 21.4 Å². The van der Waals surface area contributed by atoms with Crippen molar-refractivity contribution in [3.8, 4) is 17.2 Å². The summed E-state index contributed by atoms with van der Waals surface area (Å²) in [6.07, 6.45) is -1.44. The Labute approximate surface area is 245 Å². The number of nitrogens with zero attached hydrogens (tertiary/aromatic N) is 1. The third kappa shape index (κ3) is 7.26. The Bertz CT molecular complexity index is 1040. The molecule has 2 amide bonds. The molecule has 1 unspecified atom stereocenters. The van der Waals surface area contributed by atoms with Crippen molar-refractivity contribution in [2.75, 3.05) is 7.11 Å². The summed E-state index contributed by atoms with van der Waals surface area (Å²) >= 11 is 8.26. The first-order valence-corrected chi connectivity index (χ1v) is 13.6. The standard InChI is InChI=1S/C21H19I4NO7/c1-9(27)20(30)26(10(2)28)17(21(31)32-3)6-11-4-15(24)19(16(25)5-11)33-12-7-13(22)18(29)14(23)8-12/h4-5,7-9,17,27,29H,6H2,1-3H3/t9?,17-/m0/s1. The molecule has 2 aromatic rings. The van der Waals surface area contributed by atoms with Crippen molar-refractivity contribution in [2.24, 2.45) is 0 Å². The van der Waals surface area contributed by atoms with Crippen LogP contribution < -0.4 is 4.74 Å². The normalized spacial score (nSPS) is 12.6. The average molecular weight is 905 g/mol. The fourth-order valence-corrected chi connectivity index (χ4v) is 6.74. The van der Waals surface area contributed by atoms with E-state index in [0.29, 0.717) is 24.2 Å². The van der Waals surface area contributed by atoms with Crippen LogP contribution in [0.2, 0.25) is 0 Å². The molecule has 0 spiro atoms. The summed E-state index contributed by atoms with van der Waals surface area (Å²) in [4.78, 5) is 37.8. The third-order valence-corrected chi connectivity index (χ3v) is 7.66. The highest BCUT2D eigenvalue weighted by atomic mass is 127. The van der Waals surface area contributed by atoms with Crippen LogP contribution in [0.5, 0.6) is 17.2 Å². The number of aromatic hydroxyl groups is 1. The predicted molar refractivity (Wildman–Crippen MR) is 154 cm³/mol. The number of rotatable bonds is 7. The van der Waals surface area contributed by atoms with Crippen molar-refractivity contribution >= 4 is 108 Å². The lowest BCUT2D eigenvalue weighted by atomic mass is 10.0. The van der Waals surface area contributed by atoms with Gasteiger partial charge in [0.1, 0.15) is 23.6 Å². The van der Waals surface area contributed by atoms with Crippen LogP contribution >= 0.6 is 90.4 Å². The molecule has 0 aliphatic heterocycles. The lowest BCUT2D eigenvalue weighted by Gasteiger charge is -2.28. The van der Waals surface area contributed by atoms with Gasteiger partial charge < -0.3 is 19.7 Å². The number of ether oxygens (including phenoxy) is 2. The zero-order valence-corrected chi connectivity index (χ0v) is 26.2. The summed E-state index contributed by atoms with van der Waals surface area (Å²) in [7, 11) is 1.17. The molecule has 12 heteroatoms. The molecular formula is C21H19I4NO7. The van der Waals surface area contributed by atoms with Crippen LogP contribution in [-0.4, -0.2) is 52.2 Å². The quantitative estimate of drug-likeness (QED) is 0.313.